The summed E-state index contributed by atoms with van der Waals surface area (Å²) in [6.07, 6.45) is 3.75. The number of hydrogen-bond donors (Lipinski definition) is 2. The summed E-state index contributed by atoms with van der Waals surface area (Å²) in [5.41, 5.74) is 2.70. The number of nitrogens with zero attached hydrogens (tertiary/aromatic N) is 2. The number of hydrogen-bond acceptors (Lipinski definition) is 5. The Kier molecular flexibility index (Phi) is 8.03. The normalized spacial score (nSPS) is 19.5. The molecule has 4 amide bonds. The van der Waals surface area contributed by atoms with E-state index in [9.17, 15) is 19.2 Å². The first-order valence-corrected chi connectivity index (χ1v) is 13.4. The SMILES string of the molecule is O=C(Cc1ccc(NC(=O)C2CCCN(C(=O)C3CC3)C2)cc1)Nc1ccc(C(=O)N2CCOCC2)cc1. The van der Waals surface area contributed by atoms with Crippen LogP contribution in [0.3, 0.4) is 0 Å². The number of carbonyl (C=O) groups excluding carboxylic acids is 4. The number of piperidine rings is 1. The molecule has 2 aliphatic heterocycles. The Hall–Kier alpha value is -3.72. The zero-order valence-corrected chi connectivity index (χ0v) is 21.5. The third kappa shape index (κ3) is 6.58. The lowest BCUT2D eigenvalue weighted by Crippen LogP contribution is -2.44. The van der Waals surface area contributed by atoms with E-state index in [1.54, 1.807) is 41.3 Å². The second kappa shape index (κ2) is 11.8. The van der Waals surface area contributed by atoms with Gasteiger partial charge in [0.05, 0.1) is 25.6 Å². The molecule has 1 saturated carbocycles. The summed E-state index contributed by atoms with van der Waals surface area (Å²) in [4.78, 5) is 53.9. The highest BCUT2D eigenvalue weighted by atomic mass is 16.5. The zero-order valence-electron chi connectivity index (χ0n) is 21.5. The second-order valence-corrected chi connectivity index (χ2v) is 10.3. The van der Waals surface area contributed by atoms with E-state index in [0.717, 1.165) is 37.8 Å². The first-order valence-electron chi connectivity index (χ1n) is 13.4. The molecule has 2 aromatic carbocycles. The maximum absolute atomic E-state index is 12.8. The van der Waals surface area contributed by atoms with Gasteiger partial charge in [0.1, 0.15) is 0 Å². The summed E-state index contributed by atoms with van der Waals surface area (Å²) in [5.74, 6) is -0.109. The second-order valence-electron chi connectivity index (χ2n) is 10.3. The smallest absolute Gasteiger partial charge is 0.254 e. The lowest BCUT2D eigenvalue weighted by atomic mass is 9.96. The fourth-order valence-corrected chi connectivity index (χ4v) is 4.97. The molecule has 9 heteroatoms. The van der Waals surface area contributed by atoms with Crippen LogP contribution in [0.15, 0.2) is 48.5 Å². The van der Waals surface area contributed by atoms with Gasteiger partial charge in [-0.05, 0) is 67.6 Å². The minimum Gasteiger partial charge on any atom is -0.378 e. The van der Waals surface area contributed by atoms with Crippen LogP contribution in [-0.2, 0) is 25.5 Å². The van der Waals surface area contributed by atoms with Gasteiger partial charge in [0.2, 0.25) is 17.7 Å². The van der Waals surface area contributed by atoms with Crippen molar-refractivity contribution in [2.75, 3.05) is 50.0 Å². The molecular formula is C29H34N4O5. The molecule has 3 fully saturated rings. The summed E-state index contributed by atoms with van der Waals surface area (Å²) in [6.45, 7) is 3.50. The van der Waals surface area contributed by atoms with Crippen LogP contribution in [0.2, 0.25) is 0 Å². The van der Waals surface area contributed by atoms with Crippen LogP contribution in [0.1, 0.15) is 41.6 Å². The fourth-order valence-electron chi connectivity index (χ4n) is 4.97. The van der Waals surface area contributed by atoms with E-state index in [1.807, 2.05) is 17.0 Å². The quantitative estimate of drug-likeness (QED) is 0.586. The van der Waals surface area contributed by atoms with Crippen molar-refractivity contribution in [3.05, 3.63) is 59.7 Å². The molecule has 1 atom stereocenters. The number of amides is 4. The lowest BCUT2D eigenvalue weighted by Gasteiger charge is -2.32. The van der Waals surface area contributed by atoms with Crippen LogP contribution < -0.4 is 10.6 Å². The number of morpholine rings is 1. The maximum atomic E-state index is 12.8. The maximum Gasteiger partial charge on any atom is 0.254 e. The molecule has 9 nitrogen and oxygen atoms in total. The predicted molar refractivity (Wildman–Crippen MR) is 143 cm³/mol. The van der Waals surface area contributed by atoms with Gasteiger partial charge in [0, 0.05) is 49.0 Å². The minimum atomic E-state index is -0.201. The van der Waals surface area contributed by atoms with Crippen LogP contribution in [0.25, 0.3) is 0 Å². The molecule has 2 N–H and O–H groups in total. The van der Waals surface area contributed by atoms with Gasteiger partial charge in [-0.3, -0.25) is 19.2 Å². The molecule has 5 rings (SSSR count). The number of likely N-dealkylation sites (tertiary alicyclic amines) is 1. The highest BCUT2D eigenvalue weighted by Gasteiger charge is 2.36. The summed E-state index contributed by atoms with van der Waals surface area (Å²) in [5, 5.41) is 5.82. The fraction of sp³-hybridized carbons (Fsp3) is 0.448. The van der Waals surface area contributed by atoms with E-state index in [0.29, 0.717) is 49.8 Å². The van der Waals surface area contributed by atoms with Gasteiger partial charge in [-0.2, -0.15) is 0 Å². The molecule has 1 aliphatic carbocycles. The molecule has 2 heterocycles. The van der Waals surface area contributed by atoms with Crippen molar-refractivity contribution in [3.8, 4) is 0 Å². The molecule has 0 bridgehead atoms. The van der Waals surface area contributed by atoms with Crippen molar-refractivity contribution in [1.82, 2.24) is 9.80 Å². The van der Waals surface area contributed by atoms with Gasteiger partial charge in [-0.15, -0.1) is 0 Å². The number of ether oxygens (including phenoxy) is 1. The highest BCUT2D eigenvalue weighted by molar-refractivity contribution is 5.96. The van der Waals surface area contributed by atoms with Crippen molar-refractivity contribution in [3.63, 3.8) is 0 Å². The van der Waals surface area contributed by atoms with Crippen molar-refractivity contribution in [2.24, 2.45) is 11.8 Å². The van der Waals surface area contributed by atoms with E-state index in [-0.39, 0.29) is 41.9 Å². The molecule has 1 unspecified atom stereocenters. The number of benzene rings is 2. The van der Waals surface area contributed by atoms with Crippen LogP contribution >= 0.6 is 0 Å². The topological polar surface area (TPSA) is 108 Å². The molecule has 2 saturated heterocycles. The number of carbonyl (C=O) groups is 4. The Morgan fingerprint density at radius 1 is 0.763 bits per heavy atom. The standard InChI is InChI=1S/C29H34N4O5/c34-26(30-24-11-7-22(8-12-24)28(36)32-14-16-38-17-15-32)18-20-3-9-25(10-4-20)31-27(35)23-2-1-13-33(19-23)29(37)21-5-6-21/h3-4,7-12,21,23H,1-2,5-6,13-19H2,(H,30,34)(H,31,35). The largest absolute Gasteiger partial charge is 0.378 e. The molecule has 200 valence electrons. The molecular weight excluding hydrogens is 484 g/mol. The Balaban J connectivity index is 1.08. The first-order chi connectivity index (χ1) is 18.5. The van der Waals surface area contributed by atoms with Gasteiger partial charge in [-0.1, -0.05) is 12.1 Å². The third-order valence-electron chi connectivity index (χ3n) is 7.33. The molecule has 0 aromatic heterocycles. The molecule has 0 spiro atoms. The minimum absolute atomic E-state index is 0.0362. The molecule has 2 aromatic rings. The Bertz CT molecular complexity index is 1170. The first kappa shape index (κ1) is 25.9. The molecule has 38 heavy (non-hydrogen) atoms. The van der Waals surface area contributed by atoms with Crippen LogP contribution in [0.5, 0.6) is 0 Å². The lowest BCUT2D eigenvalue weighted by molar-refractivity contribution is -0.135. The van der Waals surface area contributed by atoms with Crippen LogP contribution in [0.4, 0.5) is 11.4 Å². The van der Waals surface area contributed by atoms with Gasteiger partial charge < -0.3 is 25.2 Å². The van der Waals surface area contributed by atoms with E-state index >= 15 is 0 Å². The van der Waals surface area contributed by atoms with E-state index < -0.39 is 0 Å². The van der Waals surface area contributed by atoms with E-state index in [1.165, 1.54) is 0 Å². The Morgan fingerprint density at radius 2 is 1.42 bits per heavy atom. The number of anilines is 2. The summed E-state index contributed by atoms with van der Waals surface area (Å²) < 4.78 is 5.29. The van der Waals surface area contributed by atoms with Crippen molar-refractivity contribution in [1.29, 1.82) is 0 Å². The summed E-state index contributed by atoms with van der Waals surface area (Å²) in [6, 6.07) is 14.1. The van der Waals surface area contributed by atoms with Gasteiger partial charge in [-0.25, -0.2) is 0 Å². The predicted octanol–water partition coefficient (Wildman–Crippen LogP) is 2.93. The van der Waals surface area contributed by atoms with Gasteiger partial charge >= 0.3 is 0 Å². The molecule has 0 radical (unpaired) electrons. The van der Waals surface area contributed by atoms with Gasteiger partial charge in [0.25, 0.3) is 5.91 Å². The third-order valence-corrected chi connectivity index (χ3v) is 7.33. The zero-order chi connectivity index (χ0) is 26.5. The Labute approximate surface area is 222 Å². The highest BCUT2D eigenvalue weighted by Crippen LogP contribution is 2.32. The number of nitrogens with one attached hydrogen (secondary N) is 2. The van der Waals surface area contributed by atoms with Crippen LogP contribution in [-0.4, -0.2) is 72.8 Å². The average Bonchev–Trinajstić information content (AvgIpc) is 3.80. The average molecular weight is 519 g/mol. The van der Waals surface area contributed by atoms with Crippen LogP contribution in [0, 0.1) is 11.8 Å². The molecule has 3 aliphatic rings. The van der Waals surface area contributed by atoms with Crippen molar-refractivity contribution in [2.45, 2.75) is 32.1 Å². The summed E-state index contributed by atoms with van der Waals surface area (Å²) >= 11 is 0. The van der Waals surface area contributed by atoms with E-state index in [2.05, 4.69) is 10.6 Å². The van der Waals surface area contributed by atoms with Gasteiger partial charge in [0.15, 0.2) is 0 Å². The Morgan fingerprint density at radius 3 is 2.11 bits per heavy atom. The van der Waals surface area contributed by atoms with Crippen molar-refractivity contribution < 1.29 is 23.9 Å². The monoisotopic (exact) mass is 518 g/mol. The van der Waals surface area contributed by atoms with Crippen molar-refractivity contribution >= 4 is 35.0 Å². The summed E-state index contributed by atoms with van der Waals surface area (Å²) in [7, 11) is 0. The van der Waals surface area contributed by atoms with E-state index in [4.69, 9.17) is 4.74 Å². The number of rotatable bonds is 7.